The Morgan fingerprint density at radius 1 is 0.643 bits per heavy atom. The molecule has 10 heteroatoms. The number of hydrogen-bond acceptors (Lipinski definition) is 10. The second-order valence-electron chi connectivity index (χ2n) is 1.57. The summed E-state index contributed by atoms with van der Waals surface area (Å²) in [5, 5.41) is 14.7. The minimum atomic E-state index is -0.734. The number of nitroso groups, excluding NO2 is 4. The van der Waals surface area contributed by atoms with Gasteiger partial charge in [0.05, 0.1) is 0 Å². The highest BCUT2D eigenvalue weighted by atomic mass is 16.3. The number of rotatable bonds is 6. The Morgan fingerprint density at radius 3 is 1.14 bits per heavy atom. The zero-order valence-electron chi connectivity index (χ0n) is 6.47. The smallest absolute Gasteiger partial charge is 0.155 e. The predicted molar refractivity (Wildman–Crippen MR) is 44.2 cm³/mol. The van der Waals surface area contributed by atoms with Crippen LogP contribution >= 0.6 is 0 Å². The molecule has 10 nitrogen and oxygen atoms in total. The van der Waals surface area contributed by atoms with E-state index < -0.39 is 11.6 Å². The maximum absolute atomic E-state index is 9.71. The molecule has 0 atom stereocenters. The van der Waals surface area contributed by atoms with Crippen molar-refractivity contribution in [3.63, 3.8) is 0 Å². The molecule has 0 unspecified atom stereocenters. The van der Waals surface area contributed by atoms with E-state index in [2.05, 4.69) is 30.9 Å². The van der Waals surface area contributed by atoms with Gasteiger partial charge < -0.3 is 0 Å². The fourth-order valence-electron chi connectivity index (χ4n) is 0.298. The van der Waals surface area contributed by atoms with Crippen molar-refractivity contribution in [2.24, 2.45) is 30.9 Å². The molecule has 0 aliphatic heterocycles. The molecule has 0 amide bonds. The normalized spacial score (nSPS) is 8.86. The minimum Gasteiger partial charge on any atom is -0.155 e. The quantitative estimate of drug-likeness (QED) is 0.475. The lowest BCUT2D eigenvalue weighted by atomic mass is 10.8. The van der Waals surface area contributed by atoms with E-state index in [4.69, 9.17) is 0 Å². The molecule has 0 aromatic rings. The van der Waals surface area contributed by atoms with Gasteiger partial charge in [0.1, 0.15) is 12.4 Å². The van der Waals surface area contributed by atoms with Gasteiger partial charge in [-0.05, 0) is 20.7 Å². The maximum Gasteiger partial charge on any atom is 0.259 e. The zero-order chi connectivity index (χ0) is 10.8. The molecule has 0 fully saturated rings. The third-order valence-electron chi connectivity index (χ3n) is 0.787. The van der Waals surface area contributed by atoms with Gasteiger partial charge in [-0.15, -0.1) is 19.6 Å². The Kier molecular flexibility index (Phi) is 5.86. The molecule has 0 aromatic heterocycles. The van der Waals surface area contributed by atoms with E-state index in [1.165, 1.54) is 0 Å². The molecule has 0 N–H and O–H groups in total. The Labute approximate surface area is 75.7 Å². The standard InChI is InChI=1S/C4H2N6O4/c11-7-3(8-12)1-5-6-2-4(9-13)10-14/h1-2H. The molecule has 0 aliphatic rings. The average Bonchev–Trinajstić information content (AvgIpc) is 2.24. The molecular formula is C4H2N6O4. The molecule has 0 rings (SSSR count). The highest BCUT2D eigenvalue weighted by Crippen LogP contribution is 2.00. The van der Waals surface area contributed by atoms with Crippen LogP contribution in [0.2, 0.25) is 0 Å². The summed E-state index contributed by atoms with van der Waals surface area (Å²) in [7, 11) is 0. The van der Waals surface area contributed by atoms with Gasteiger partial charge >= 0.3 is 0 Å². The molecule has 0 radical (unpaired) electrons. The second kappa shape index (κ2) is 7.15. The van der Waals surface area contributed by atoms with Crippen LogP contribution in [0.15, 0.2) is 55.0 Å². The summed E-state index contributed by atoms with van der Waals surface area (Å²) < 4.78 is 0. The van der Waals surface area contributed by atoms with Gasteiger partial charge in [-0.1, -0.05) is 0 Å². The van der Waals surface area contributed by atoms with Crippen LogP contribution in [0.5, 0.6) is 0 Å². The van der Waals surface area contributed by atoms with Crippen molar-refractivity contribution in [2.45, 2.75) is 0 Å². The molecule has 0 bridgehead atoms. The molecule has 0 aliphatic carbocycles. The van der Waals surface area contributed by atoms with Gasteiger partial charge in [-0.3, -0.25) is 0 Å². The van der Waals surface area contributed by atoms with Crippen LogP contribution in [0, 0.1) is 19.6 Å². The Balaban J connectivity index is 4.45. The van der Waals surface area contributed by atoms with Gasteiger partial charge in [0.15, 0.2) is 0 Å². The van der Waals surface area contributed by atoms with E-state index in [-0.39, 0.29) is 0 Å². The Bertz CT molecular complexity index is 279. The number of hydrogen-bond donors (Lipinski definition) is 0. The van der Waals surface area contributed by atoms with Gasteiger partial charge in [0.2, 0.25) is 0 Å². The van der Waals surface area contributed by atoms with Crippen LogP contribution in [-0.4, -0.2) is 0 Å². The first-order valence-corrected chi connectivity index (χ1v) is 2.92. The van der Waals surface area contributed by atoms with Gasteiger partial charge in [0, 0.05) is 0 Å². The van der Waals surface area contributed by atoms with Crippen LogP contribution < -0.4 is 0 Å². The van der Waals surface area contributed by atoms with Crippen molar-refractivity contribution >= 4 is 0 Å². The lowest BCUT2D eigenvalue weighted by Crippen LogP contribution is -1.66. The van der Waals surface area contributed by atoms with Crippen LogP contribution in [0.1, 0.15) is 0 Å². The third kappa shape index (κ3) is 4.38. The van der Waals surface area contributed by atoms with Crippen molar-refractivity contribution < 1.29 is 0 Å². The van der Waals surface area contributed by atoms with E-state index in [9.17, 15) is 19.6 Å². The fraction of sp³-hybridized carbons (Fsp3) is 0. The van der Waals surface area contributed by atoms with Crippen LogP contribution in [-0.2, 0) is 0 Å². The van der Waals surface area contributed by atoms with Crippen LogP contribution in [0.3, 0.4) is 0 Å². The highest BCUT2D eigenvalue weighted by Gasteiger charge is 1.92. The number of azo groups is 1. The minimum absolute atomic E-state index is 0.629. The molecule has 14 heavy (non-hydrogen) atoms. The summed E-state index contributed by atoms with van der Waals surface area (Å²) in [5.41, 5.74) is 0. The summed E-state index contributed by atoms with van der Waals surface area (Å²) in [6, 6.07) is 0. The largest absolute Gasteiger partial charge is 0.259 e. The first kappa shape index (κ1) is 11.5. The van der Waals surface area contributed by atoms with Crippen molar-refractivity contribution in [1.82, 2.24) is 0 Å². The average molecular weight is 198 g/mol. The van der Waals surface area contributed by atoms with E-state index in [1.807, 2.05) is 0 Å². The van der Waals surface area contributed by atoms with Crippen molar-refractivity contribution in [2.75, 3.05) is 0 Å². The summed E-state index contributed by atoms with van der Waals surface area (Å²) in [5.74, 6) is -1.47. The summed E-state index contributed by atoms with van der Waals surface area (Å²) in [4.78, 5) is 38.8. The first-order valence-electron chi connectivity index (χ1n) is 2.92. The van der Waals surface area contributed by atoms with Crippen molar-refractivity contribution in [3.8, 4) is 0 Å². The second-order valence-corrected chi connectivity index (χ2v) is 1.57. The van der Waals surface area contributed by atoms with E-state index in [0.717, 1.165) is 0 Å². The summed E-state index contributed by atoms with van der Waals surface area (Å²) >= 11 is 0. The SMILES string of the molecule is O=NC(=CN=NC=C(N=O)N=O)N=O. The molecule has 72 valence electrons. The maximum atomic E-state index is 9.71. The zero-order valence-corrected chi connectivity index (χ0v) is 6.47. The summed E-state index contributed by atoms with van der Waals surface area (Å²) in [6.07, 6.45) is 1.26. The number of nitrogens with zero attached hydrogens (tertiary/aromatic N) is 6. The molecule has 0 saturated carbocycles. The first-order chi connectivity index (χ1) is 6.78. The van der Waals surface area contributed by atoms with Gasteiger partial charge in [0.25, 0.3) is 11.6 Å². The molecule has 0 spiro atoms. The third-order valence-corrected chi connectivity index (χ3v) is 0.787. The van der Waals surface area contributed by atoms with Crippen molar-refractivity contribution in [1.29, 1.82) is 0 Å². The lowest BCUT2D eigenvalue weighted by Gasteiger charge is -1.77. The molecule has 0 saturated heterocycles. The van der Waals surface area contributed by atoms with E-state index in [0.29, 0.717) is 12.4 Å². The van der Waals surface area contributed by atoms with Crippen LogP contribution in [0.4, 0.5) is 0 Å². The molecule has 0 heterocycles. The predicted octanol–water partition coefficient (Wildman–Crippen LogP) is 2.10. The topological polar surface area (TPSA) is 142 Å². The van der Waals surface area contributed by atoms with Crippen molar-refractivity contribution in [3.05, 3.63) is 43.7 Å². The lowest BCUT2D eigenvalue weighted by molar-refractivity contribution is 1.10. The fourth-order valence-corrected chi connectivity index (χ4v) is 0.298. The summed E-state index contributed by atoms with van der Waals surface area (Å²) in [6.45, 7) is 0. The highest BCUT2D eigenvalue weighted by molar-refractivity contribution is 4.97. The Hall–Kier alpha value is -2.52. The van der Waals surface area contributed by atoms with Gasteiger partial charge in [-0.2, -0.15) is 10.2 Å². The van der Waals surface area contributed by atoms with Gasteiger partial charge in [-0.25, -0.2) is 0 Å². The van der Waals surface area contributed by atoms with E-state index >= 15 is 0 Å². The van der Waals surface area contributed by atoms with E-state index in [1.54, 1.807) is 0 Å². The van der Waals surface area contributed by atoms with Crippen LogP contribution in [0.25, 0.3) is 0 Å². The molecular weight excluding hydrogens is 196 g/mol. The monoisotopic (exact) mass is 198 g/mol. The molecule has 0 aromatic carbocycles. The Morgan fingerprint density at radius 2 is 0.929 bits per heavy atom.